The zero-order chi connectivity index (χ0) is 26.2. The van der Waals surface area contributed by atoms with Crippen LogP contribution in [0.3, 0.4) is 0 Å². The van der Waals surface area contributed by atoms with Gasteiger partial charge in [0.25, 0.3) is 0 Å². The van der Waals surface area contributed by atoms with Gasteiger partial charge in [0, 0.05) is 5.56 Å². The number of aromatic nitrogens is 1. The van der Waals surface area contributed by atoms with Gasteiger partial charge in [0.2, 0.25) is 5.89 Å². The Labute approximate surface area is 216 Å². The Balaban J connectivity index is 1.33. The molecule has 0 fully saturated rings. The number of oxazole rings is 1. The molecule has 1 heterocycles. The number of benzene rings is 3. The fraction of sp³-hybridized carbons (Fsp3) is 0.367. The van der Waals surface area contributed by atoms with Gasteiger partial charge in [-0.1, -0.05) is 31.0 Å². The van der Waals surface area contributed by atoms with E-state index in [4.69, 9.17) is 18.6 Å². The van der Waals surface area contributed by atoms with Crippen LogP contribution >= 0.6 is 0 Å². The van der Waals surface area contributed by atoms with Crippen molar-refractivity contribution in [2.24, 2.45) is 5.92 Å². The molecule has 194 valence electrons. The Kier molecular flexibility index (Phi) is 8.77. The van der Waals surface area contributed by atoms with Gasteiger partial charge in [0.1, 0.15) is 11.3 Å². The minimum atomic E-state index is -0.860. The fourth-order valence-corrected chi connectivity index (χ4v) is 4.32. The SMILES string of the molecule is CCOC(=O)C(CCCCCOc1ccc2c(-c3nc4ccc(C)cc4o3)cccc2c1)C(=O)OCC. The molecule has 4 aromatic rings. The molecule has 0 amide bonds. The highest BCUT2D eigenvalue weighted by molar-refractivity contribution is 5.96. The molecule has 7 heteroatoms. The number of unbranched alkanes of at least 4 members (excludes halogenated alkanes) is 2. The molecule has 0 N–H and O–H groups in total. The molecule has 0 aliphatic rings. The second-order valence-corrected chi connectivity index (χ2v) is 8.93. The van der Waals surface area contributed by atoms with E-state index < -0.39 is 17.9 Å². The Morgan fingerprint density at radius 1 is 0.919 bits per heavy atom. The lowest BCUT2D eigenvalue weighted by Crippen LogP contribution is -2.28. The van der Waals surface area contributed by atoms with Crippen molar-refractivity contribution in [3.63, 3.8) is 0 Å². The van der Waals surface area contributed by atoms with Crippen molar-refractivity contribution in [3.05, 3.63) is 60.2 Å². The third-order valence-electron chi connectivity index (χ3n) is 6.17. The average molecular weight is 504 g/mol. The summed E-state index contributed by atoms with van der Waals surface area (Å²) in [6.45, 7) is 6.50. The minimum absolute atomic E-state index is 0.240. The molecule has 1 aromatic heterocycles. The van der Waals surface area contributed by atoms with Crippen molar-refractivity contribution in [2.45, 2.75) is 46.5 Å². The first-order chi connectivity index (χ1) is 18.0. The molecule has 0 saturated heterocycles. The van der Waals surface area contributed by atoms with E-state index in [1.807, 2.05) is 61.5 Å². The van der Waals surface area contributed by atoms with E-state index in [1.54, 1.807) is 13.8 Å². The summed E-state index contributed by atoms with van der Waals surface area (Å²) >= 11 is 0. The van der Waals surface area contributed by atoms with Crippen LogP contribution < -0.4 is 4.74 Å². The molecule has 0 radical (unpaired) electrons. The maximum absolute atomic E-state index is 12.1. The van der Waals surface area contributed by atoms with Gasteiger partial charge in [0.15, 0.2) is 11.5 Å². The van der Waals surface area contributed by atoms with Gasteiger partial charge in [-0.3, -0.25) is 9.59 Å². The van der Waals surface area contributed by atoms with Crippen molar-refractivity contribution in [2.75, 3.05) is 19.8 Å². The number of nitrogens with zero attached hydrogens (tertiary/aromatic N) is 1. The number of aryl methyl sites for hydroxylation is 1. The fourth-order valence-electron chi connectivity index (χ4n) is 4.32. The predicted molar refractivity (Wildman–Crippen MR) is 142 cm³/mol. The maximum atomic E-state index is 12.1. The molecule has 0 aliphatic carbocycles. The van der Waals surface area contributed by atoms with Crippen LogP contribution in [-0.4, -0.2) is 36.7 Å². The maximum Gasteiger partial charge on any atom is 0.320 e. The molecule has 0 unspecified atom stereocenters. The number of carbonyl (C=O) groups is 2. The summed E-state index contributed by atoms with van der Waals surface area (Å²) in [4.78, 5) is 28.8. The van der Waals surface area contributed by atoms with E-state index >= 15 is 0 Å². The monoisotopic (exact) mass is 503 g/mol. The summed E-state index contributed by atoms with van der Waals surface area (Å²) < 4.78 is 22.1. The van der Waals surface area contributed by atoms with Gasteiger partial charge in [-0.15, -0.1) is 0 Å². The molecular formula is C30H33NO6. The second kappa shape index (κ2) is 12.4. The van der Waals surface area contributed by atoms with E-state index in [0.717, 1.165) is 51.6 Å². The molecule has 3 aromatic carbocycles. The highest BCUT2D eigenvalue weighted by Gasteiger charge is 2.28. The zero-order valence-corrected chi connectivity index (χ0v) is 21.6. The number of esters is 2. The summed E-state index contributed by atoms with van der Waals surface area (Å²) in [5, 5.41) is 2.09. The summed E-state index contributed by atoms with van der Waals surface area (Å²) in [6, 6.07) is 18.1. The van der Waals surface area contributed by atoms with E-state index in [1.165, 1.54) is 0 Å². The normalized spacial score (nSPS) is 11.2. The summed E-state index contributed by atoms with van der Waals surface area (Å²) in [5.41, 5.74) is 3.69. The van der Waals surface area contributed by atoms with Crippen LogP contribution in [-0.2, 0) is 19.1 Å². The third-order valence-corrected chi connectivity index (χ3v) is 6.17. The third kappa shape index (κ3) is 6.47. The zero-order valence-electron chi connectivity index (χ0n) is 21.6. The van der Waals surface area contributed by atoms with Gasteiger partial charge in [-0.2, -0.15) is 0 Å². The smallest absolute Gasteiger partial charge is 0.320 e. The highest BCUT2D eigenvalue weighted by Crippen LogP contribution is 2.32. The summed E-state index contributed by atoms with van der Waals surface area (Å²) in [6.07, 6.45) is 2.74. The van der Waals surface area contributed by atoms with Gasteiger partial charge in [-0.05, 0) is 86.3 Å². The number of ether oxygens (including phenoxy) is 3. The number of hydrogen-bond donors (Lipinski definition) is 0. The van der Waals surface area contributed by atoms with E-state index in [-0.39, 0.29) is 13.2 Å². The number of carbonyl (C=O) groups excluding carboxylic acids is 2. The topological polar surface area (TPSA) is 87.9 Å². The Bertz CT molecular complexity index is 1360. The van der Waals surface area contributed by atoms with Crippen LogP contribution in [0.4, 0.5) is 0 Å². The van der Waals surface area contributed by atoms with Crippen molar-refractivity contribution < 1.29 is 28.2 Å². The molecule has 0 bridgehead atoms. The predicted octanol–water partition coefficient (Wildman–Crippen LogP) is 6.64. The molecule has 0 aliphatic heterocycles. The molecule has 0 atom stereocenters. The number of fused-ring (bicyclic) bond motifs is 2. The van der Waals surface area contributed by atoms with Crippen LogP contribution in [0.25, 0.3) is 33.3 Å². The van der Waals surface area contributed by atoms with Crippen molar-refractivity contribution in [1.29, 1.82) is 0 Å². The second-order valence-electron chi connectivity index (χ2n) is 8.93. The summed E-state index contributed by atoms with van der Waals surface area (Å²) in [5.74, 6) is -0.500. The number of rotatable bonds is 12. The molecule has 0 saturated carbocycles. The molecule has 4 rings (SSSR count). The molecule has 7 nitrogen and oxygen atoms in total. The molecular weight excluding hydrogens is 470 g/mol. The summed E-state index contributed by atoms with van der Waals surface area (Å²) in [7, 11) is 0. The average Bonchev–Trinajstić information content (AvgIpc) is 3.31. The van der Waals surface area contributed by atoms with Gasteiger partial charge in [-0.25, -0.2) is 4.98 Å². The van der Waals surface area contributed by atoms with Crippen molar-refractivity contribution >= 4 is 33.8 Å². The van der Waals surface area contributed by atoms with Crippen LogP contribution in [0.1, 0.15) is 45.1 Å². The Morgan fingerprint density at radius 3 is 2.46 bits per heavy atom. The van der Waals surface area contributed by atoms with E-state index in [0.29, 0.717) is 25.3 Å². The first kappa shape index (κ1) is 26.2. The van der Waals surface area contributed by atoms with E-state index in [9.17, 15) is 9.59 Å². The minimum Gasteiger partial charge on any atom is -0.494 e. The Morgan fingerprint density at radius 2 is 1.70 bits per heavy atom. The highest BCUT2D eigenvalue weighted by atomic mass is 16.6. The van der Waals surface area contributed by atoms with Gasteiger partial charge in [0.05, 0.1) is 19.8 Å². The van der Waals surface area contributed by atoms with Crippen LogP contribution in [0.15, 0.2) is 59.0 Å². The number of hydrogen-bond acceptors (Lipinski definition) is 7. The lowest BCUT2D eigenvalue weighted by Gasteiger charge is -2.14. The molecule has 0 spiro atoms. The van der Waals surface area contributed by atoms with Crippen molar-refractivity contribution in [1.82, 2.24) is 4.98 Å². The Hall–Kier alpha value is -3.87. The van der Waals surface area contributed by atoms with E-state index in [2.05, 4.69) is 4.98 Å². The lowest BCUT2D eigenvalue weighted by molar-refractivity contribution is -0.161. The quantitative estimate of drug-likeness (QED) is 0.122. The van der Waals surface area contributed by atoms with Crippen molar-refractivity contribution in [3.8, 4) is 17.2 Å². The standard InChI is InChI=1S/C30H33NO6/c1-4-34-29(32)25(30(33)35-5-2)11-7-6-8-17-36-22-14-15-23-21(19-22)10-9-12-24(23)28-31-26-16-13-20(3)18-27(26)37-28/h9-10,12-16,18-19,25H,4-8,11,17H2,1-3H3. The van der Waals surface area contributed by atoms with Gasteiger partial charge < -0.3 is 18.6 Å². The molecule has 37 heavy (non-hydrogen) atoms. The van der Waals surface area contributed by atoms with Gasteiger partial charge >= 0.3 is 11.9 Å². The first-order valence-corrected chi connectivity index (χ1v) is 12.9. The first-order valence-electron chi connectivity index (χ1n) is 12.9. The largest absolute Gasteiger partial charge is 0.494 e. The van der Waals surface area contributed by atoms with Crippen LogP contribution in [0.2, 0.25) is 0 Å². The van der Waals surface area contributed by atoms with Crippen LogP contribution in [0, 0.1) is 12.8 Å². The van der Waals surface area contributed by atoms with Crippen LogP contribution in [0.5, 0.6) is 5.75 Å². The lowest BCUT2D eigenvalue weighted by atomic mass is 10.0.